The summed E-state index contributed by atoms with van der Waals surface area (Å²) in [5, 5.41) is 3.50. The lowest BCUT2D eigenvalue weighted by molar-refractivity contribution is 0.00578. The summed E-state index contributed by atoms with van der Waals surface area (Å²) in [6, 6.07) is 22.2. The van der Waals surface area contributed by atoms with Crippen LogP contribution >= 0.6 is 27.5 Å². The van der Waals surface area contributed by atoms with Gasteiger partial charge in [0.25, 0.3) is 0 Å². The van der Waals surface area contributed by atoms with E-state index in [1.165, 1.54) is 22.3 Å². The van der Waals surface area contributed by atoms with Crippen molar-refractivity contribution in [1.82, 2.24) is 5.32 Å². The molecule has 0 aromatic heterocycles. The molecule has 1 heterocycles. The molecule has 38 heavy (non-hydrogen) atoms. The molecule has 1 aliphatic heterocycles. The van der Waals surface area contributed by atoms with Crippen molar-refractivity contribution in [1.29, 1.82) is 0 Å². The fourth-order valence-electron chi connectivity index (χ4n) is 4.89. The predicted molar refractivity (Wildman–Crippen MR) is 156 cm³/mol. The van der Waals surface area contributed by atoms with Crippen LogP contribution in [0.5, 0.6) is 0 Å². The Balaban J connectivity index is 1.31. The Kier molecular flexibility index (Phi) is 7.49. The third-order valence-electron chi connectivity index (χ3n) is 7.57. The number of rotatable bonds is 6. The standard InChI is InChI=1S/C30H30BBrClNO4/c1-29(2)30(3,4)38-31(37-29)20(13-19-14-21(32)16-22(33)15-19)17-34-28(35)36-18-27-25-11-7-5-9-23(25)24-10-6-8-12-26(24)27/h5-16,27H,17-18H2,1-4H3,(H,34,35). The van der Waals surface area contributed by atoms with Gasteiger partial charge in [-0.25, -0.2) is 4.79 Å². The quantitative estimate of drug-likeness (QED) is 0.298. The van der Waals surface area contributed by atoms with E-state index < -0.39 is 24.4 Å². The minimum absolute atomic E-state index is 0.00456. The number of ether oxygens (including phenoxy) is 1. The Morgan fingerprint density at radius 3 is 2.16 bits per heavy atom. The number of amides is 1. The highest BCUT2D eigenvalue weighted by Gasteiger charge is 2.52. The molecule has 8 heteroatoms. The second-order valence-electron chi connectivity index (χ2n) is 10.7. The van der Waals surface area contributed by atoms with Crippen molar-refractivity contribution in [3.63, 3.8) is 0 Å². The lowest BCUT2D eigenvalue weighted by Gasteiger charge is -2.32. The lowest BCUT2D eigenvalue weighted by atomic mass is 9.77. The summed E-state index contributed by atoms with van der Waals surface area (Å²) in [6.07, 6.45) is 1.43. The number of carbonyl (C=O) groups excluding carboxylic acids is 1. The lowest BCUT2D eigenvalue weighted by Crippen LogP contribution is -2.41. The highest BCUT2D eigenvalue weighted by Crippen LogP contribution is 2.44. The van der Waals surface area contributed by atoms with Gasteiger partial charge in [-0.15, -0.1) is 0 Å². The first-order valence-electron chi connectivity index (χ1n) is 12.7. The van der Waals surface area contributed by atoms with Gasteiger partial charge in [0.2, 0.25) is 0 Å². The van der Waals surface area contributed by atoms with Crippen LogP contribution in [0.3, 0.4) is 0 Å². The van der Waals surface area contributed by atoms with Crippen LogP contribution in [0.1, 0.15) is 50.3 Å². The molecule has 5 rings (SSSR count). The molecular weight excluding hydrogens is 565 g/mol. The molecule has 3 aromatic rings. The zero-order valence-electron chi connectivity index (χ0n) is 21.9. The van der Waals surface area contributed by atoms with Crippen molar-refractivity contribution in [3.05, 3.63) is 98.4 Å². The van der Waals surface area contributed by atoms with Gasteiger partial charge in [-0.1, -0.05) is 82.1 Å². The summed E-state index contributed by atoms with van der Waals surface area (Å²) in [5.74, 6) is -0.00456. The fraction of sp³-hybridized carbons (Fsp3) is 0.300. The van der Waals surface area contributed by atoms with Crippen molar-refractivity contribution in [3.8, 4) is 11.1 Å². The second-order valence-corrected chi connectivity index (χ2v) is 12.0. The third-order valence-corrected chi connectivity index (χ3v) is 8.25. The average Bonchev–Trinajstić information content (AvgIpc) is 3.29. The van der Waals surface area contributed by atoms with Gasteiger partial charge in [-0.05, 0) is 79.2 Å². The molecule has 1 amide bonds. The highest BCUT2D eigenvalue weighted by atomic mass is 79.9. The van der Waals surface area contributed by atoms with E-state index in [9.17, 15) is 4.79 Å². The van der Waals surface area contributed by atoms with Crippen LogP contribution < -0.4 is 5.32 Å². The van der Waals surface area contributed by atoms with Crippen LogP contribution in [-0.4, -0.2) is 37.6 Å². The fourth-order valence-corrected chi connectivity index (χ4v) is 5.78. The number of fused-ring (bicyclic) bond motifs is 3. The van der Waals surface area contributed by atoms with E-state index in [0.717, 1.165) is 15.5 Å². The van der Waals surface area contributed by atoms with E-state index in [4.69, 9.17) is 25.6 Å². The van der Waals surface area contributed by atoms with Gasteiger partial charge in [-0.3, -0.25) is 0 Å². The highest BCUT2D eigenvalue weighted by molar-refractivity contribution is 9.10. The monoisotopic (exact) mass is 593 g/mol. The molecule has 1 fully saturated rings. The SMILES string of the molecule is CC1(C)OB(C(=Cc2cc(Cl)cc(Br)c2)CNC(=O)OCC2c3ccccc3-c3ccccc32)OC1(C)C. The molecule has 1 saturated heterocycles. The molecular formula is C30H30BBrClNO4. The van der Waals surface area contributed by atoms with Crippen LogP contribution in [0.15, 0.2) is 76.7 Å². The normalized spacial score (nSPS) is 17.7. The summed E-state index contributed by atoms with van der Waals surface area (Å²) in [5.41, 5.74) is 5.31. The number of nitrogens with one attached hydrogen (secondary N) is 1. The van der Waals surface area contributed by atoms with Gasteiger partial charge in [-0.2, -0.15) is 0 Å². The van der Waals surface area contributed by atoms with Gasteiger partial charge in [0.1, 0.15) is 6.61 Å². The van der Waals surface area contributed by atoms with E-state index >= 15 is 0 Å². The molecule has 0 atom stereocenters. The Morgan fingerprint density at radius 2 is 1.58 bits per heavy atom. The Labute approximate surface area is 237 Å². The number of carbonyl (C=O) groups is 1. The minimum Gasteiger partial charge on any atom is -0.449 e. The number of benzene rings is 3. The molecule has 3 aromatic carbocycles. The summed E-state index contributed by atoms with van der Waals surface area (Å²) >= 11 is 9.77. The van der Waals surface area contributed by atoms with Crippen molar-refractivity contribution in [2.45, 2.75) is 44.8 Å². The van der Waals surface area contributed by atoms with Crippen LogP contribution in [-0.2, 0) is 14.0 Å². The molecule has 0 radical (unpaired) electrons. The number of hydrogen-bond acceptors (Lipinski definition) is 4. The summed E-state index contributed by atoms with van der Waals surface area (Å²) in [6.45, 7) is 8.44. The molecule has 2 aliphatic rings. The average molecular weight is 595 g/mol. The van der Waals surface area contributed by atoms with Crippen molar-refractivity contribution >= 4 is 46.8 Å². The van der Waals surface area contributed by atoms with Crippen LogP contribution in [0, 0.1) is 0 Å². The van der Waals surface area contributed by atoms with E-state index in [0.29, 0.717) is 5.02 Å². The molecule has 196 valence electrons. The summed E-state index contributed by atoms with van der Waals surface area (Å²) in [7, 11) is -0.633. The molecule has 0 spiro atoms. The number of alkyl carbamates (subject to hydrolysis) is 1. The maximum atomic E-state index is 12.9. The van der Waals surface area contributed by atoms with Gasteiger partial charge < -0.3 is 19.4 Å². The van der Waals surface area contributed by atoms with Crippen LogP contribution in [0.4, 0.5) is 4.79 Å². The second kappa shape index (κ2) is 10.5. The summed E-state index contributed by atoms with van der Waals surface area (Å²) < 4.78 is 19.2. The number of hydrogen-bond donors (Lipinski definition) is 1. The maximum absolute atomic E-state index is 12.9. The largest absolute Gasteiger partial charge is 0.492 e. The topological polar surface area (TPSA) is 56.8 Å². The van der Waals surface area contributed by atoms with E-state index in [1.807, 2.05) is 76.2 Å². The summed E-state index contributed by atoms with van der Waals surface area (Å²) in [4.78, 5) is 12.9. The molecule has 5 nitrogen and oxygen atoms in total. The van der Waals surface area contributed by atoms with Crippen LogP contribution in [0.2, 0.25) is 5.02 Å². The van der Waals surface area contributed by atoms with Crippen molar-refractivity contribution in [2.24, 2.45) is 0 Å². The third kappa shape index (κ3) is 5.43. The first-order chi connectivity index (χ1) is 18.0. The Morgan fingerprint density at radius 1 is 1.00 bits per heavy atom. The minimum atomic E-state index is -0.633. The van der Waals surface area contributed by atoms with Gasteiger partial charge in [0.05, 0.1) is 11.2 Å². The van der Waals surface area contributed by atoms with Crippen molar-refractivity contribution in [2.75, 3.05) is 13.2 Å². The van der Waals surface area contributed by atoms with E-state index in [2.05, 4.69) is 45.5 Å². The number of halogens is 2. The molecule has 0 unspecified atom stereocenters. The van der Waals surface area contributed by atoms with Crippen molar-refractivity contribution < 1.29 is 18.8 Å². The predicted octanol–water partition coefficient (Wildman–Crippen LogP) is 7.66. The zero-order chi connectivity index (χ0) is 27.1. The van der Waals surface area contributed by atoms with Gasteiger partial charge in [0, 0.05) is 22.0 Å². The maximum Gasteiger partial charge on any atom is 0.492 e. The van der Waals surface area contributed by atoms with E-state index in [1.54, 1.807) is 0 Å². The Bertz CT molecular complexity index is 1320. The molecule has 1 aliphatic carbocycles. The first-order valence-corrected chi connectivity index (χ1v) is 13.8. The molecule has 1 N–H and O–H groups in total. The smallest absolute Gasteiger partial charge is 0.449 e. The van der Waals surface area contributed by atoms with Gasteiger partial charge in [0.15, 0.2) is 0 Å². The van der Waals surface area contributed by atoms with E-state index in [-0.39, 0.29) is 19.1 Å². The Hall–Kier alpha value is -2.58. The van der Waals surface area contributed by atoms with Gasteiger partial charge >= 0.3 is 13.2 Å². The molecule has 0 saturated carbocycles. The first kappa shape index (κ1) is 27.0. The zero-order valence-corrected chi connectivity index (χ0v) is 24.2. The van der Waals surface area contributed by atoms with Crippen LogP contribution in [0.25, 0.3) is 17.2 Å². The molecule has 0 bridgehead atoms.